The molecule has 1 heterocycles. The van der Waals surface area contributed by atoms with E-state index < -0.39 is 22.4 Å². The number of nitrogens with zero attached hydrogens (tertiary/aromatic N) is 1. The molecule has 1 aromatic rings. The molecule has 0 saturated carbocycles. The van der Waals surface area contributed by atoms with Crippen molar-refractivity contribution >= 4 is 34.6 Å². The molecule has 1 saturated heterocycles. The number of thioether (sulfide) groups is 1. The molecule has 0 radical (unpaired) electrons. The van der Waals surface area contributed by atoms with Gasteiger partial charge in [0.15, 0.2) is 0 Å². The van der Waals surface area contributed by atoms with E-state index in [1.807, 2.05) is 0 Å². The highest BCUT2D eigenvalue weighted by molar-refractivity contribution is 8.14. The lowest BCUT2D eigenvalue weighted by Gasteiger charge is -2.19. The number of hydrogen-bond acceptors (Lipinski definition) is 7. The standard InChI is InChI=1S/C12H10N2O6S/c1-12(6-21-11(17)13-12)10(16)20-9(15)7-2-4-8(5-3-7)14(18)19/h2-5H,6H2,1H3,(H,13,17)/t12-/m1/s1. The Kier molecular flexibility index (Phi) is 3.94. The Morgan fingerprint density at radius 2 is 2.00 bits per heavy atom. The van der Waals surface area contributed by atoms with Crippen LogP contribution in [0.2, 0.25) is 0 Å². The molecule has 2 rings (SSSR count). The lowest BCUT2D eigenvalue weighted by molar-refractivity contribution is -0.384. The fourth-order valence-corrected chi connectivity index (χ4v) is 2.50. The van der Waals surface area contributed by atoms with Gasteiger partial charge >= 0.3 is 11.9 Å². The summed E-state index contributed by atoms with van der Waals surface area (Å²) in [7, 11) is 0. The zero-order valence-corrected chi connectivity index (χ0v) is 11.6. The lowest BCUT2D eigenvalue weighted by Crippen LogP contribution is -2.49. The predicted octanol–water partition coefficient (Wildman–Crippen LogP) is 1.49. The second-order valence-corrected chi connectivity index (χ2v) is 5.46. The number of hydrogen-bond donors (Lipinski definition) is 1. The van der Waals surface area contributed by atoms with Crippen LogP contribution in [-0.4, -0.2) is 33.4 Å². The van der Waals surface area contributed by atoms with Crippen molar-refractivity contribution in [3.63, 3.8) is 0 Å². The third kappa shape index (κ3) is 3.19. The molecule has 0 spiro atoms. The van der Waals surface area contributed by atoms with Crippen LogP contribution < -0.4 is 5.32 Å². The second kappa shape index (κ2) is 5.52. The van der Waals surface area contributed by atoms with Crippen molar-refractivity contribution < 1.29 is 24.0 Å². The quantitative estimate of drug-likeness (QED) is 0.389. The van der Waals surface area contributed by atoms with Gasteiger partial charge in [-0.15, -0.1) is 0 Å². The van der Waals surface area contributed by atoms with Crippen LogP contribution in [0.1, 0.15) is 17.3 Å². The van der Waals surface area contributed by atoms with Gasteiger partial charge in [-0.1, -0.05) is 11.8 Å². The van der Waals surface area contributed by atoms with Gasteiger partial charge < -0.3 is 10.1 Å². The summed E-state index contributed by atoms with van der Waals surface area (Å²) in [6.07, 6.45) is 0. The predicted molar refractivity (Wildman–Crippen MR) is 72.9 cm³/mol. The summed E-state index contributed by atoms with van der Waals surface area (Å²) in [5.74, 6) is -1.63. The number of esters is 2. The van der Waals surface area contributed by atoms with Crippen LogP contribution in [0.15, 0.2) is 24.3 Å². The Hall–Kier alpha value is -2.42. The molecule has 9 heteroatoms. The van der Waals surface area contributed by atoms with Crippen molar-refractivity contribution in [1.29, 1.82) is 0 Å². The molecule has 0 aromatic heterocycles. The zero-order chi connectivity index (χ0) is 15.6. The Morgan fingerprint density at radius 1 is 1.38 bits per heavy atom. The Bertz CT molecular complexity index is 629. The van der Waals surface area contributed by atoms with E-state index in [4.69, 9.17) is 4.74 Å². The molecule has 1 fully saturated rings. The first kappa shape index (κ1) is 15.0. The van der Waals surface area contributed by atoms with Crippen molar-refractivity contribution in [3.05, 3.63) is 39.9 Å². The van der Waals surface area contributed by atoms with Gasteiger partial charge in [0.05, 0.1) is 10.5 Å². The first-order valence-electron chi connectivity index (χ1n) is 5.78. The maximum absolute atomic E-state index is 11.9. The molecule has 0 aliphatic carbocycles. The summed E-state index contributed by atoms with van der Waals surface area (Å²) < 4.78 is 4.70. The summed E-state index contributed by atoms with van der Waals surface area (Å²) in [4.78, 5) is 44.7. The Morgan fingerprint density at radius 3 is 2.48 bits per heavy atom. The smallest absolute Gasteiger partial charge is 0.345 e. The fourth-order valence-electron chi connectivity index (χ4n) is 1.59. The third-order valence-electron chi connectivity index (χ3n) is 2.82. The zero-order valence-electron chi connectivity index (χ0n) is 10.8. The normalized spacial score (nSPS) is 20.7. The summed E-state index contributed by atoms with van der Waals surface area (Å²) >= 11 is 0.923. The molecular formula is C12H10N2O6S. The number of carbonyl (C=O) groups excluding carboxylic acids is 3. The van der Waals surface area contributed by atoms with Crippen molar-refractivity contribution in [2.75, 3.05) is 5.75 Å². The van der Waals surface area contributed by atoms with E-state index in [0.717, 1.165) is 23.9 Å². The van der Waals surface area contributed by atoms with Crippen LogP contribution in [0.25, 0.3) is 0 Å². The SMILES string of the molecule is C[C@]1(C(=O)OC(=O)c2ccc([N+](=O)[O-])cc2)CSC(=O)N1. The minimum Gasteiger partial charge on any atom is -0.388 e. The fraction of sp³-hybridized carbons (Fsp3) is 0.250. The van der Waals surface area contributed by atoms with Crippen LogP contribution in [0.4, 0.5) is 10.5 Å². The van der Waals surface area contributed by atoms with Crippen LogP contribution in [0.3, 0.4) is 0 Å². The van der Waals surface area contributed by atoms with Crippen LogP contribution in [0, 0.1) is 10.1 Å². The summed E-state index contributed by atoms with van der Waals surface area (Å²) in [6.45, 7) is 1.45. The van der Waals surface area contributed by atoms with Crippen molar-refractivity contribution in [3.8, 4) is 0 Å². The van der Waals surface area contributed by atoms with Gasteiger partial charge in [-0.3, -0.25) is 14.9 Å². The molecule has 1 N–H and O–H groups in total. The van der Waals surface area contributed by atoms with E-state index in [2.05, 4.69) is 5.32 Å². The molecule has 1 aliphatic heterocycles. The first-order chi connectivity index (χ1) is 9.82. The molecule has 0 unspecified atom stereocenters. The molecule has 21 heavy (non-hydrogen) atoms. The molecule has 1 amide bonds. The van der Waals surface area contributed by atoms with Gasteiger partial charge in [0, 0.05) is 17.9 Å². The molecular weight excluding hydrogens is 300 g/mol. The van der Waals surface area contributed by atoms with E-state index in [1.54, 1.807) is 0 Å². The number of carbonyl (C=O) groups is 3. The number of ether oxygens (including phenoxy) is 1. The van der Waals surface area contributed by atoms with Crippen molar-refractivity contribution in [2.45, 2.75) is 12.5 Å². The number of benzene rings is 1. The van der Waals surface area contributed by atoms with Crippen LogP contribution in [0.5, 0.6) is 0 Å². The molecule has 8 nitrogen and oxygen atoms in total. The van der Waals surface area contributed by atoms with E-state index >= 15 is 0 Å². The van der Waals surface area contributed by atoms with Crippen LogP contribution >= 0.6 is 11.8 Å². The van der Waals surface area contributed by atoms with E-state index in [1.165, 1.54) is 19.1 Å². The monoisotopic (exact) mass is 310 g/mol. The molecule has 1 aromatic carbocycles. The second-order valence-electron chi connectivity index (χ2n) is 4.51. The maximum atomic E-state index is 11.9. The van der Waals surface area contributed by atoms with Crippen LogP contribution in [-0.2, 0) is 9.53 Å². The van der Waals surface area contributed by atoms with Gasteiger partial charge in [0.2, 0.25) is 0 Å². The largest absolute Gasteiger partial charge is 0.388 e. The van der Waals surface area contributed by atoms with Crippen molar-refractivity contribution in [1.82, 2.24) is 5.32 Å². The van der Waals surface area contributed by atoms with Gasteiger partial charge in [-0.2, -0.15) is 0 Å². The number of amides is 1. The van der Waals surface area contributed by atoms with E-state index in [-0.39, 0.29) is 22.2 Å². The van der Waals surface area contributed by atoms with Gasteiger partial charge in [0.25, 0.3) is 10.9 Å². The molecule has 0 bridgehead atoms. The maximum Gasteiger partial charge on any atom is 0.345 e. The number of nitrogens with one attached hydrogen (secondary N) is 1. The minimum atomic E-state index is -1.25. The first-order valence-corrected chi connectivity index (χ1v) is 6.76. The van der Waals surface area contributed by atoms with Crippen molar-refractivity contribution in [2.24, 2.45) is 0 Å². The van der Waals surface area contributed by atoms with E-state index in [0.29, 0.717) is 0 Å². The number of non-ortho nitro benzene ring substituents is 1. The molecule has 1 atom stereocenters. The molecule has 1 aliphatic rings. The summed E-state index contributed by atoms with van der Waals surface area (Å²) in [6, 6.07) is 4.65. The average Bonchev–Trinajstić information content (AvgIpc) is 2.80. The van der Waals surface area contributed by atoms with E-state index in [9.17, 15) is 24.5 Å². The topological polar surface area (TPSA) is 116 Å². The summed E-state index contributed by atoms with van der Waals surface area (Å²) in [5.41, 5.74) is -1.42. The number of rotatable bonds is 3. The summed E-state index contributed by atoms with van der Waals surface area (Å²) in [5, 5.41) is 12.6. The molecule has 110 valence electrons. The minimum absolute atomic E-state index is 0.00882. The van der Waals surface area contributed by atoms with Gasteiger partial charge in [-0.05, 0) is 19.1 Å². The number of nitro groups is 1. The Labute approximate surface area is 123 Å². The third-order valence-corrected chi connectivity index (χ3v) is 3.91. The lowest BCUT2D eigenvalue weighted by atomic mass is 10.1. The van der Waals surface area contributed by atoms with Gasteiger partial charge in [-0.25, -0.2) is 9.59 Å². The highest BCUT2D eigenvalue weighted by Gasteiger charge is 2.43. The average molecular weight is 310 g/mol. The number of nitro benzene ring substituents is 1. The highest BCUT2D eigenvalue weighted by atomic mass is 32.2. The van der Waals surface area contributed by atoms with Gasteiger partial charge in [0.1, 0.15) is 5.54 Å². The Balaban J connectivity index is 2.06. The highest BCUT2D eigenvalue weighted by Crippen LogP contribution is 2.24.